The van der Waals surface area contributed by atoms with Gasteiger partial charge in [0.1, 0.15) is 6.20 Å². The lowest BCUT2D eigenvalue weighted by molar-refractivity contribution is -0.385. The molecule has 1 amide bonds. The zero-order valence-electron chi connectivity index (χ0n) is 12.8. The van der Waals surface area contributed by atoms with Gasteiger partial charge in [-0.05, 0) is 5.56 Å². The van der Waals surface area contributed by atoms with Gasteiger partial charge in [-0.1, -0.05) is 30.3 Å². The molecule has 9 nitrogen and oxygen atoms in total. The molecule has 2 aromatic heterocycles. The lowest BCUT2D eigenvalue weighted by Crippen LogP contribution is -2.18. The van der Waals surface area contributed by atoms with Crippen LogP contribution in [-0.4, -0.2) is 30.4 Å². The summed E-state index contributed by atoms with van der Waals surface area (Å²) < 4.78 is 2.83. The average Bonchev–Trinajstić information content (AvgIpc) is 3.15. The van der Waals surface area contributed by atoms with Gasteiger partial charge >= 0.3 is 5.69 Å². The Morgan fingerprint density at radius 2 is 2.04 bits per heavy atom. The smallest absolute Gasteiger partial charge is 0.304 e. The Morgan fingerprint density at radius 1 is 1.29 bits per heavy atom. The van der Waals surface area contributed by atoms with E-state index in [1.807, 2.05) is 30.3 Å². The zero-order chi connectivity index (χ0) is 17.1. The predicted molar refractivity (Wildman–Crippen MR) is 85.6 cm³/mol. The number of nitrogens with zero attached hydrogens (tertiary/aromatic N) is 5. The standard InChI is InChI=1S/C15H14N6O3/c1-19-14(12(9-16-19)21(23)24)15(22)17-13-7-8-20(18-13)10-11-5-3-2-4-6-11/h2-9H,10H2,1H3,(H,17,18,22). The minimum atomic E-state index is -0.643. The van der Waals surface area contributed by atoms with Gasteiger partial charge in [0, 0.05) is 19.3 Å². The average molecular weight is 326 g/mol. The normalized spacial score (nSPS) is 10.5. The van der Waals surface area contributed by atoms with Crippen LogP contribution >= 0.6 is 0 Å². The fourth-order valence-corrected chi connectivity index (χ4v) is 2.29. The van der Waals surface area contributed by atoms with Crippen molar-refractivity contribution in [2.24, 2.45) is 7.05 Å². The van der Waals surface area contributed by atoms with Crippen LogP contribution < -0.4 is 5.32 Å². The summed E-state index contributed by atoms with van der Waals surface area (Å²) in [6.07, 6.45) is 2.77. The highest BCUT2D eigenvalue weighted by Crippen LogP contribution is 2.18. The monoisotopic (exact) mass is 326 g/mol. The minimum absolute atomic E-state index is 0.127. The first-order chi connectivity index (χ1) is 11.5. The van der Waals surface area contributed by atoms with Crippen LogP contribution in [0, 0.1) is 10.1 Å². The van der Waals surface area contributed by atoms with Gasteiger partial charge in [-0.25, -0.2) is 0 Å². The largest absolute Gasteiger partial charge is 0.320 e. The summed E-state index contributed by atoms with van der Waals surface area (Å²) in [6.45, 7) is 0.558. The number of nitro groups is 1. The summed E-state index contributed by atoms with van der Waals surface area (Å²) in [4.78, 5) is 22.6. The van der Waals surface area contributed by atoms with Crippen LogP contribution in [0.25, 0.3) is 0 Å². The van der Waals surface area contributed by atoms with Crippen molar-refractivity contribution in [1.82, 2.24) is 19.6 Å². The highest BCUT2D eigenvalue weighted by Gasteiger charge is 2.25. The summed E-state index contributed by atoms with van der Waals surface area (Å²) >= 11 is 0. The van der Waals surface area contributed by atoms with E-state index < -0.39 is 10.8 Å². The van der Waals surface area contributed by atoms with Crippen molar-refractivity contribution in [3.05, 3.63) is 70.2 Å². The molecule has 0 aliphatic rings. The number of nitrogens with one attached hydrogen (secondary N) is 1. The molecule has 0 atom stereocenters. The molecule has 3 rings (SSSR count). The Labute approximate surface area is 136 Å². The molecule has 0 saturated heterocycles. The fourth-order valence-electron chi connectivity index (χ4n) is 2.29. The Kier molecular flexibility index (Phi) is 4.06. The SMILES string of the molecule is Cn1ncc([N+](=O)[O-])c1C(=O)Nc1ccn(Cc2ccccc2)n1. The van der Waals surface area contributed by atoms with E-state index in [-0.39, 0.29) is 11.4 Å². The van der Waals surface area contributed by atoms with Crippen molar-refractivity contribution in [3.63, 3.8) is 0 Å². The van der Waals surface area contributed by atoms with Crippen LogP contribution in [-0.2, 0) is 13.6 Å². The van der Waals surface area contributed by atoms with Gasteiger partial charge in [0.15, 0.2) is 5.82 Å². The molecule has 0 aliphatic heterocycles. The predicted octanol–water partition coefficient (Wildman–Crippen LogP) is 1.83. The minimum Gasteiger partial charge on any atom is -0.304 e. The second-order valence-corrected chi connectivity index (χ2v) is 5.10. The molecule has 0 fully saturated rings. The number of carbonyl (C=O) groups excluding carboxylic acids is 1. The molecule has 0 unspecified atom stereocenters. The van der Waals surface area contributed by atoms with E-state index in [2.05, 4.69) is 15.5 Å². The summed E-state index contributed by atoms with van der Waals surface area (Å²) in [6, 6.07) is 11.4. The Bertz CT molecular complexity index is 884. The first-order valence-electron chi connectivity index (χ1n) is 7.09. The van der Waals surface area contributed by atoms with Gasteiger partial charge in [-0.3, -0.25) is 24.3 Å². The second kappa shape index (κ2) is 6.32. The summed E-state index contributed by atoms with van der Waals surface area (Å²) in [5.41, 5.74) is 0.595. The molecule has 2 heterocycles. The maximum absolute atomic E-state index is 12.3. The number of aryl methyl sites for hydroxylation is 1. The van der Waals surface area contributed by atoms with Gasteiger partial charge in [0.25, 0.3) is 5.91 Å². The number of aromatic nitrogens is 4. The number of amides is 1. The Hall–Kier alpha value is -3.49. The molecule has 0 bridgehead atoms. The molecule has 1 N–H and O–H groups in total. The van der Waals surface area contributed by atoms with Gasteiger partial charge in [-0.2, -0.15) is 10.2 Å². The molecule has 1 aromatic carbocycles. The van der Waals surface area contributed by atoms with E-state index in [1.54, 1.807) is 16.9 Å². The van der Waals surface area contributed by atoms with Crippen LogP contribution in [0.1, 0.15) is 16.1 Å². The van der Waals surface area contributed by atoms with Crippen molar-refractivity contribution >= 4 is 17.4 Å². The Balaban J connectivity index is 1.74. The Morgan fingerprint density at radius 3 is 2.75 bits per heavy atom. The maximum Gasteiger partial charge on any atom is 0.320 e. The lowest BCUT2D eigenvalue weighted by atomic mass is 10.2. The molecule has 24 heavy (non-hydrogen) atoms. The number of rotatable bonds is 5. The van der Waals surface area contributed by atoms with E-state index in [0.717, 1.165) is 16.4 Å². The van der Waals surface area contributed by atoms with Gasteiger partial charge in [-0.15, -0.1) is 0 Å². The molecule has 0 spiro atoms. The van der Waals surface area contributed by atoms with Crippen molar-refractivity contribution in [3.8, 4) is 0 Å². The first-order valence-corrected chi connectivity index (χ1v) is 7.09. The van der Waals surface area contributed by atoms with Gasteiger partial charge in [0.2, 0.25) is 5.69 Å². The van der Waals surface area contributed by atoms with Crippen LogP contribution in [0.5, 0.6) is 0 Å². The van der Waals surface area contributed by atoms with E-state index in [1.165, 1.54) is 7.05 Å². The third-order valence-corrected chi connectivity index (χ3v) is 3.40. The number of carbonyl (C=O) groups is 1. The van der Waals surface area contributed by atoms with Crippen LogP contribution in [0.2, 0.25) is 0 Å². The second-order valence-electron chi connectivity index (χ2n) is 5.10. The molecular weight excluding hydrogens is 312 g/mol. The van der Waals surface area contributed by atoms with E-state index in [9.17, 15) is 14.9 Å². The van der Waals surface area contributed by atoms with Crippen molar-refractivity contribution in [1.29, 1.82) is 0 Å². The van der Waals surface area contributed by atoms with Crippen molar-refractivity contribution in [2.75, 3.05) is 5.32 Å². The van der Waals surface area contributed by atoms with Crippen molar-refractivity contribution < 1.29 is 9.72 Å². The van der Waals surface area contributed by atoms with E-state index in [0.29, 0.717) is 12.4 Å². The molecular formula is C15H14N6O3. The third kappa shape index (κ3) is 3.14. The molecule has 0 aliphatic carbocycles. The molecule has 3 aromatic rings. The highest BCUT2D eigenvalue weighted by atomic mass is 16.6. The summed E-state index contributed by atoms with van der Waals surface area (Å²) in [5, 5.41) is 21.5. The maximum atomic E-state index is 12.3. The summed E-state index contributed by atoms with van der Waals surface area (Å²) in [5.74, 6) is -0.321. The van der Waals surface area contributed by atoms with Crippen LogP contribution in [0.4, 0.5) is 11.5 Å². The topological polar surface area (TPSA) is 108 Å². The van der Waals surface area contributed by atoms with Crippen molar-refractivity contribution in [2.45, 2.75) is 6.54 Å². The van der Waals surface area contributed by atoms with E-state index >= 15 is 0 Å². The molecule has 0 radical (unpaired) electrons. The first kappa shape index (κ1) is 15.4. The highest BCUT2D eigenvalue weighted by molar-refractivity contribution is 6.05. The number of anilines is 1. The number of benzene rings is 1. The quantitative estimate of drug-likeness (QED) is 0.568. The molecule has 0 saturated carbocycles. The van der Waals surface area contributed by atoms with Crippen LogP contribution in [0.3, 0.4) is 0 Å². The molecule has 122 valence electrons. The van der Waals surface area contributed by atoms with Gasteiger partial charge < -0.3 is 5.32 Å². The van der Waals surface area contributed by atoms with E-state index in [4.69, 9.17) is 0 Å². The lowest BCUT2D eigenvalue weighted by Gasteiger charge is -2.03. The fraction of sp³-hybridized carbons (Fsp3) is 0.133. The molecule has 9 heteroatoms. The number of hydrogen-bond acceptors (Lipinski definition) is 5. The zero-order valence-corrected chi connectivity index (χ0v) is 12.8. The summed E-state index contributed by atoms with van der Waals surface area (Å²) in [7, 11) is 1.47. The van der Waals surface area contributed by atoms with Gasteiger partial charge in [0.05, 0.1) is 11.5 Å². The number of hydrogen-bond donors (Lipinski definition) is 1. The van der Waals surface area contributed by atoms with Crippen LogP contribution in [0.15, 0.2) is 48.8 Å². The third-order valence-electron chi connectivity index (χ3n) is 3.40.